The predicted molar refractivity (Wildman–Crippen MR) is 137 cm³/mol. The van der Waals surface area contributed by atoms with Crippen LogP contribution < -0.4 is 9.47 Å². The summed E-state index contributed by atoms with van der Waals surface area (Å²) in [5, 5.41) is 7.12. The summed E-state index contributed by atoms with van der Waals surface area (Å²) in [6.07, 6.45) is -3.02. The number of halogens is 3. The first kappa shape index (κ1) is 30.3. The summed E-state index contributed by atoms with van der Waals surface area (Å²) in [7, 11) is 3.36. The molecular formula is C27H36F3N3O6. The van der Waals surface area contributed by atoms with Crippen molar-refractivity contribution in [3.05, 3.63) is 46.8 Å². The number of morpholine rings is 1. The highest BCUT2D eigenvalue weighted by Gasteiger charge is 2.38. The molecule has 1 fully saturated rings. The van der Waals surface area contributed by atoms with Crippen LogP contribution in [0, 0.1) is 0 Å². The Morgan fingerprint density at radius 1 is 1.03 bits per heavy atom. The minimum Gasteiger partial charge on any atom is -0.497 e. The smallest absolute Gasteiger partial charge is 0.490 e. The maximum atomic E-state index is 13.4. The third-order valence-corrected chi connectivity index (χ3v) is 6.62. The minimum atomic E-state index is -5.08. The molecule has 1 aromatic heterocycles. The Morgan fingerprint density at radius 3 is 2.13 bits per heavy atom. The molecule has 0 atom stereocenters. The van der Waals surface area contributed by atoms with Crippen LogP contribution in [0.4, 0.5) is 13.2 Å². The van der Waals surface area contributed by atoms with Crippen LogP contribution in [-0.2, 0) is 29.0 Å². The fourth-order valence-corrected chi connectivity index (χ4v) is 4.83. The molecule has 9 nitrogen and oxygen atoms in total. The summed E-state index contributed by atoms with van der Waals surface area (Å²) >= 11 is 0. The first-order chi connectivity index (χ1) is 18.4. The van der Waals surface area contributed by atoms with Gasteiger partial charge in [-0.05, 0) is 62.6 Å². The number of carbonyl (C=O) groups is 2. The van der Waals surface area contributed by atoms with Gasteiger partial charge in [-0.15, -0.1) is 0 Å². The van der Waals surface area contributed by atoms with Crippen molar-refractivity contribution in [2.45, 2.75) is 52.0 Å². The van der Waals surface area contributed by atoms with Gasteiger partial charge in [0, 0.05) is 44.0 Å². The lowest BCUT2D eigenvalue weighted by molar-refractivity contribution is -0.192. The SMILES string of the molecule is COc1cc(CN2CCCc3cc(C(=O)N4CCOCC4)n(C(C)C)c3C2)cc(OC)c1.O=C(O)C(F)(F)F. The summed E-state index contributed by atoms with van der Waals surface area (Å²) in [4.78, 5) is 26.6. The number of carbonyl (C=O) groups excluding carboxylic acids is 1. The summed E-state index contributed by atoms with van der Waals surface area (Å²) in [6, 6.07) is 8.41. The van der Waals surface area contributed by atoms with Gasteiger partial charge in [-0.2, -0.15) is 13.2 Å². The highest BCUT2D eigenvalue weighted by atomic mass is 19.4. The highest BCUT2D eigenvalue weighted by molar-refractivity contribution is 5.93. The van der Waals surface area contributed by atoms with E-state index in [0.717, 1.165) is 55.2 Å². The Labute approximate surface area is 226 Å². The van der Waals surface area contributed by atoms with Crippen LogP contribution in [0.15, 0.2) is 24.3 Å². The van der Waals surface area contributed by atoms with Crippen LogP contribution in [0.3, 0.4) is 0 Å². The van der Waals surface area contributed by atoms with E-state index in [-0.39, 0.29) is 11.9 Å². The van der Waals surface area contributed by atoms with Crippen molar-refractivity contribution in [3.8, 4) is 11.5 Å². The van der Waals surface area contributed by atoms with E-state index in [2.05, 4.69) is 41.5 Å². The second-order valence-electron chi connectivity index (χ2n) is 9.71. The fraction of sp³-hybridized carbons (Fsp3) is 0.556. The number of nitrogens with zero attached hydrogens (tertiary/aromatic N) is 3. The largest absolute Gasteiger partial charge is 0.497 e. The van der Waals surface area contributed by atoms with Gasteiger partial charge in [-0.3, -0.25) is 9.69 Å². The van der Waals surface area contributed by atoms with Crippen molar-refractivity contribution < 1.29 is 42.1 Å². The van der Waals surface area contributed by atoms with E-state index < -0.39 is 12.1 Å². The van der Waals surface area contributed by atoms with Crippen LogP contribution in [0.2, 0.25) is 0 Å². The molecule has 3 heterocycles. The molecule has 0 radical (unpaired) electrons. The number of benzene rings is 1. The number of aliphatic carboxylic acids is 1. The van der Waals surface area contributed by atoms with Gasteiger partial charge in [0.2, 0.25) is 0 Å². The van der Waals surface area contributed by atoms with E-state index in [9.17, 15) is 18.0 Å². The van der Waals surface area contributed by atoms with Crippen molar-refractivity contribution in [2.75, 3.05) is 47.1 Å². The maximum Gasteiger partial charge on any atom is 0.490 e. The molecule has 2 aliphatic rings. The van der Waals surface area contributed by atoms with Crippen molar-refractivity contribution in [3.63, 3.8) is 0 Å². The summed E-state index contributed by atoms with van der Waals surface area (Å²) in [6.45, 7) is 9.53. The second kappa shape index (κ2) is 13.2. The van der Waals surface area contributed by atoms with Gasteiger partial charge in [-0.25, -0.2) is 4.79 Å². The summed E-state index contributed by atoms with van der Waals surface area (Å²) in [5.41, 5.74) is 4.55. The number of hydrogen-bond donors (Lipinski definition) is 1. The molecule has 0 aliphatic carbocycles. The number of aryl methyl sites for hydroxylation is 1. The highest BCUT2D eigenvalue weighted by Crippen LogP contribution is 2.30. The van der Waals surface area contributed by atoms with Crippen LogP contribution in [0.5, 0.6) is 11.5 Å². The Bertz CT molecular complexity index is 1120. The molecule has 216 valence electrons. The standard InChI is InChI=1S/C25H35N3O4.C2HF3O2/c1-18(2)28-23(25(29)27-8-10-32-11-9-27)14-20-6-5-7-26(17-24(20)28)16-19-12-21(30-3)15-22(13-19)31-4;3-2(4,5)1(6)7/h12-15,18H,5-11,16-17H2,1-4H3;(H,6,7). The van der Waals surface area contributed by atoms with E-state index in [1.54, 1.807) is 14.2 Å². The molecule has 0 unspecified atom stereocenters. The lowest BCUT2D eigenvalue weighted by atomic mass is 10.1. The number of fused-ring (bicyclic) bond motifs is 1. The zero-order valence-corrected chi connectivity index (χ0v) is 22.7. The number of carboxylic acids is 1. The molecule has 1 aromatic carbocycles. The molecule has 2 aromatic rings. The van der Waals surface area contributed by atoms with Gasteiger partial charge in [0.25, 0.3) is 5.91 Å². The van der Waals surface area contributed by atoms with E-state index in [0.29, 0.717) is 26.3 Å². The summed E-state index contributed by atoms with van der Waals surface area (Å²) in [5.74, 6) is -1.02. The first-order valence-electron chi connectivity index (χ1n) is 12.8. The molecule has 1 saturated heterocycles. The number of hydrogen-bond acceptors (Lipinski definition) is 6. The van der Waals surface area contributed by atoms with Gasteiger partial charge < -0.3 is 28.8 Å². The topological polar surface area (TPSA) is 93.5 Å². The van der Waals surface area contributed by atoms with Crippen molar-refractivity contribution in [1.82, 2.24) is 14.4 Å². The van der Waals surface area contributed by atoms with Gasteiger partial charge >= 0.3 is 12.1 Å². The molecule has 12 heteroatoms. The van der Waals surface area contributed by atoms with E-state index in [1.165, 1.54) is 11.3 Å². The van der Waals surface area contributed by atoms with Crippen LogP contribution in [0.25, 0.3) is 0 Å². The maximum absolute atomic E-state index is 13.4. The van der Waals surface area contributed by atoms with E-state index in [1.807, 2.05) is 11.0 Å². The molecule has 1 amide bonds. The van der Waals surface area contributed by atoms with E-state index >= 15 is 0 Å². The lowest BCUT2D eigenvalue weighted by Gasteiger charge is -2.28. The fourth-order valence-electron chi connectivity index (χ4n) is 4.83. The zero-order valence-electron chi connectivity index (χ0n) is 22.7. The quantitative estimate of drug-likeness (QED) is 0.573. The normalized spacial score (nSPS) is 16.2. The summed E-state index contributed by atoms with van der Waals surface area (Å²) < 4.78 is 50.3. The van der Waals surface area contributed by atoms with Crippen molar-refractivity contribution in [2.24, 2.45) is 0 Å². The number of rotatable bonds is 6. The third kappa shape index (κ3) is 7.89. The van der Waals surface area contributed by atoms with Crippen LogP contribution in [0.1, 0.15) is 53.6 Å². The average molecular weight is 556 g/mol. The van der Waals surface area contributed by atoms with Gasteiger partial charge in [0.15, 0.2) is 0 Å². The van der Waals surface area contributed by atoms with Gasteiger partial charge in [-0.1, -0.05) is 0 Å². The number of amides is 1. The van der Waals surface area contributed by atoms with Crippen molar-refractivity contribution in [1.29, 1.82) is 0 Å². The Balaban J connectivity index is 0.000000532. The Morgan fingerprint density at radius 2 is 1.62 bits per heavy atom. The minimum absolute atomic E-state index is 0.124. The number of aromatic nitrogens is 1. The number of carboxylic acid groups (broad SMARTS) is 1. The first-order valence-corrected chi connectivity index (χ1v) is 12.8. The molecule has 0 spiro atoms. The monoisotopic (exact) mass is 555 g/mol. The molecule has 2 aliphatic heterocycles. The zero-order chi connectivity index (χ0) is 28.7. The second-order valence-corrected chi connectivity index (χ2v) is 9.71. The van der Waals surface area contributed by atoms with Gasteiger partial charge in [0.05, 0.1) is 27.4 Å². The number of alkyl halides is 3. The van der Waals surface area contributed by atoms with Crippen molar-refractivity contribution >= 4 is 11.9 Å². The third-order valence-electron chi connectivity index (χ3n) is 6.62. The van der Waals surface area contributed by atoms with Crippen LogP contribution in [-0.4, -0.2) is 84.6 Å². The predicted octanol–water partition coefficient (Wildman–Crippen LogP) is 4.14. The molecule has 1 N–H and O–H groups in total. The Hall–Kier alpha value is -3.25. The molecule has 4 rings (SSSR count). The molecule has 0 saturated carbocycles. The number of methoxy groups -OCH3 is 2. The molecular weight excluding hydrogens is 519 g/mol. The van der Waals surface area contributed by atoms with Gasteiger partial charge in [0.1, 0.15) is 17.2 Å². The van der Waals surface area contributed by atoms with E-state index in [4.69, 9.17) is 24.1 Å². The Kier molecular flexibility index (Phi) is 10.3. The lowest BCUT2D eigenvalue weighted by Crippen LogP contribution is -2.41. The average Bonchev–Trinajstić information content (AvgIpc) is 3.15. The molecule has 0 bridgehead atoms. The number of ether oxygens (including phenoxy) is 3. The van der Waals surface area contributed by atoms with Crippen LogP contribution >= 0.6 is 0 Å². The molecule has 39 heavy (non-hydrogen) atoms.